The molecular weight excluding hydrogens is 207 g/mol. The van der Waals surface area contributed by atoms with E-state index in [9.17, 15) is 9.18 Å². The molecule has 1 rings (SSSR count). The van der Waals surface area contributed by atoms with Crippen LogP contribution in [-0.2, 0) is 11.2 Å². The summed E-state index contributed by atoms with van der Waals surface area (Å²) < 4.78 is 13.3. The van der Waals surface area contributed by atoms with Gasteiger partial charge in [0.1, 0.15) is 0 Å². The van der Waals surface area contributed by atoms with Crippen molar-refractivity contribution in [1.29, 1.82) is 0 Å². The molecule has 1 aromatic carbocycles. The Hall–Kier alpha value is -1.38. The average Bonchev–Trinajstić information content (AvgIpc) is 2.28. The van der Waals surface area contributed by atoms with Gasteiger partial charge in [0, 0.05) is 5.92 Å². The summed E-state index contributed by atoms with van der Waals surface area (Å²) in [7, 11) is 0. The molecule has 2 unspecified atom stereocenters. The molecule has 0 aliphatic heterocycles. The number of aryl methyl sites for hydroxylation is 1. The number of carboxylic acid groups (broad SMARTS) is 1. The third-order valence-corrected chi connectivity index (χ3v) is 2.72. The van der Waals surface area contributed by atoms with Crippen molar-refractivity contribution < 1.29 is 14.3 Å². The summed E-state index contributed by atoms with van der Waals surface area (Å²) in [6.45, 7) is 3.69. The zero-order valence-corrected chi connectivity index (χ0v) is 9.61. The Balaban J connectivity index is 2.77. The lowest BCUT2D eigenvalue weighted by Crippen LogP contribution is -2.21. The molecule has 0 spiro atoms. The lowest BCUT2D eigenvalue weighted by atomic mass is 9.95. The van der Waals surface area contributed by atoms with E-state index in [4.69, 9.17) is 5.11 Å². The minimum absolute atomic E-state index is 0.604. The van der Waals surface area contributed by atoms with Crippen LogP contribution in [0.15, 0.2) is 24.3 Å². The van der Waals surface area contributed by atoms with Crippen LogP contribution in [0.5, 0.6) is 0 Å². The summed E-state index contributed by atoms with van der Waals surface area (Å²) in [6, 6.07) is 7.49. The predicted molar refractivity (Wildman–Crippen MR) is 61.4 cm³/mol. The largest absolute Gasteiger partial charge is 0.479 e. The van der Waals surface area contributed by atoms with E-state index in [-0.39, 0.29) is 0 Å². The number of rotatable bonds is 5. The van der Waals surface area contributed by atoms with Gasteiger partial charge >= 0.3 is 5.97 Å². The Morgan fingerprint density at radius 2 is 1.94 bits per heavy atom. The molecule has 0 fully saturated rings. The summed E-state index contributed by atoms with van der Waals surface area (Å²) in [5.74, 6) is -2.00. The Labute approximate surface area is 95.1 Å². The van der Waals surface area contributed by atoms with Crippen LogP contribution >= 0.6 is 0 Å². The molecule has 0 amide bonds. The van der Waals surface area contributed by atoms with E-state index in [1.165, 1.54) is 5.56 Å². The number of aliphatic carboxylic acids is 1. The van der Waals surface area contributed by atoms with E-state index in [1.807, 2.05) is 24.3 Å². The topological polar surface area (TPSA) is 37.3 Å². The van der Waals surface area contributed by atoms with E-state index >= 15 is 0 Å². The molecule has 1 N–H and O–H groups in total. The van der Waals surface area contributed by atoms with E-state index in [0.717, 1.165) is 18.4 Å². The van der Waals surface area contributed by atoms with Crippen LogP contribution in [0.4, 0.5) is 4.39 Å². The quantitative estimate of drug-likeness (QED) is 0.834. The maximum absolute atomic E-state index is 13.3. The zero-order valence-electron chi connectivity index (χ0n) is 9.61. The number of halogens is 1. The Morgan fingerprint density at radius 3 is 2.38 bits per heavy atom. The minimum atomic E-state index is -1.84. The molecule has 0 aliphatic carbocycles. The Bertz CT molecular complexity index is 345. The van der Waals surface area contributed by atoms with Crippen LogP contribution in [0.3, 0.4) is 0 Å². The molecule has 88 valence electrons. The van der Waals surface area contributed by atoms with E-state index in [2.05, 4.69) is 6.92 Å². The highest BCUT2D eigenvalue weighted by atomic mass is 19.1. The summed E-state index contributed by atoms with van der Waals surface area (Å²) in [5, 5.41) is 8.58. The number of carbonyl (C=O) groups is 1. The number of alkyl halides is 1. The highest BCUT2D eigenvalue weighted by Crippen LogP contribution is 2.22. The molecule has 2 atom stereocenters. The first-order valence-corrected chi connectivity index (χ1v) is 5.52. The van der Waals surface area contributed by atoms with Crippen LogP contribution < -0.4 is 0 Å². The van der Waals surface area contributed by atoms with Gasteiger partial charge in [-0.25, -0.2) is 9.18 Å². The molecule has 0 heterocycles. The van der Waals surface area contributed by atoms with Crippen LogP contribution in [0.25, 0.3) is 0 Å². The normalized spacial score (nSPS) is 14.4. The summed E-state index contributed by atoms with van der Waals surface area (Å²) in [4.78, 5) is 10.5. The second kappa shape index (κ2) is 5.64. The van der Waals surface area contributed by atoms with Crippen molar-refractivity contribution in [2.75, 3.05) is 0 Å². The van der Waals surface area contributed by atoms with Gasteiger partial charge in [0.2, 0.25) is 6.17 Å². The molecule has 0 saturated carbocycles. The van der Waals surface area contributed by atoms with Gasteiger partial charge < -0.3 is 5.11 Å². The number of hydrogen-bond acceptors (Lipinski definition) is 1. The number of benzene rings is 1. The summed E-state index contributed by atoms with van der Waals surface area (Å²) >= 11 is 0. The van der Waals surface area contributed by atoms with Crippen molar-refractivity contribution in [3.05, 3.63) is 35.4 Å². The molecule has 3 heteroatoms. The standard InChI is InChI=1S/C13H17FO2/c1-3-4-10-5-7-11(8-6-10)9(2)12(14)13(15)16/h5-9,12H,3-4H2,1-2H3,(H,15,16). The maximum atomic E-state index is 13.3. The second-order valence-corrected chi connectivity index (χ2v) is 4.02. The summed E-state index contributed by atoms with van der Waals surface area (Å²) in [5.41, 5.74) is 1.93. The minimum Gasteiger partial charge on any atom is -0.479 e. The van der Waals surface area contributed by atoms with E-state index in [0.29, 0.717) is 0 Å². The predicted octanol–water partition coefficient (Wildman–Crippen LogP) is 3.17. The molecule has 0 bridgehead atoms. The van der Waals surface area contributed by atoms with Crippen LogP contribution in [0.2, 0.25) is 0 Å². The molecule has 0 aliphatic rings. The Kier molecular flexibility index (Phi) is 4.47. The van der Waals surface area contributed by atoms with E-state index < -0.39 is 18.1 Å². The lowest BCUT2D eigenvalue weighted by Gasteiger charge is -2.13. The van der Waals surface area contributed by atoms with Gasteiger partial charge in [0.25, 0.3) is 0 Å². The van der Waals surface area contributed by atoms with Gasteiger partial charge in [-0.3, -0.25) is 0 Å². The number of carboxylic acids is 1. The third-order valence-electron chi connectivity index (χ3n) is 2.72. The van der Waals surface area contributed by atoms with Crippen LogP contribution in [0.1, 0.15) is 37.3 Å². The van der Waals surface area contributed by atoms with E-state index in [1.54, 1.807) is 6.92 Å². The Morgan fingerprint density at radius 1 is 1.38 bits per heavy atom. The average molecular weight is 224 g/mol. The van der Waals surface area contributed by atoms with Crippen molar-refractivity contribution in [1.82, 2.24) is 0 Å². The van der Waals surface area contributed by atoms with Gasteiger partial charge in [-0.05, 0) is 17.5 Å². The molecule has 0 radical (unpaired) electrons. The van der Waals surface area contributed by atoms with Crippen molar-refractivity contribution in [2.24, 2.45) is 0 Å². The van der Waals surface area contributed by atoms with Gasteiger partial charge in [0.05, 0.1) is 0 Å². The fraction of sp³-hybridized carbons (Fsp3) is 0.462. The highest BCUT2D eigenvalue weighted by Gasteiger charge is 2.24. The van der Waals surface area contributed by atoms with Crippen molar-refractivity contribution >= 4 is 5.97 Å². The van der Waals surface area contributed by atoms with Crippen LogP contribution in [-0.4, -0.2) is 17.2 Å². The van der Waals surface area contributed by atoms with Gasteiger partial charge in [-0.15, -0.1) is 0 Å². The fourth-order valence-corrected chi connectivity index (χ4v) is 1.66. The SMILES string of the molecule is CCCc1ccc(C(C)C(F)C(=O)O)cc1. The van der Waals surface area contributed by atoms with Crippen molar-refractivity contribution in [3.63, 3.8) is 0 Å². The fourth-order valence-electron chi connectivity index (χ4n) is 1.66. The number of hydrogen-bond donors (Lipinski definition) is 1. The van der Waals surface area contributed by atoms with Crippen LogP contribution in [0, 0.1) is 0 Å². The molecular formula is C13H17FO2. The summed E-state index contributed by atoms with van der Waals surface area (Å²) in [6.07, 6.45) is 0.222. The molecule has 0 saturated heterocycles. The molecule has 2 nitrogen and oxygen atoms in total. The molecule has 16 heavy (non-hydrogen) atoms. The lowest BCUT2D eigenvalue weighted by molar-refractivity contribution is -0.143. The van der Waals surface area contributed by atoms with Crippen molar-refractivity contribution in [3.8, 4) is 0 Å². The first kappa shape index (κ1) is 12.7. The van der Waals surface area contributed by atoms with Gasteiger partial charge in [-0.2, -0.15) is 0 Å². The smallest absolute Gasteiger partial charge is 0.338 e. The van der Waals surface area contributed by atoms with Gasteiger partial charge in [0.15, 0.2) is 0 Å². The van der Waals surface area contributed by atoms with Crippen molar-refractivity contribution in [2.45, 2.75) is 38.8 Å². The second-order valence-electron chi connectivity index (χ2n) is 4.02. The highest BCUT2D eigenvalue weighted by molar-refractivity contribution is 5.73. The maximum Gasteiger partial charge on any atom is 0.338 e. The first-order valence-electron chi connectivity index (χ1n) is 5.52. The third kappa shape index (κ3) is 3.05. The molecule has 1 aromatic rings. The van der Waals surface area contributed by atoms with Gasteiger partial charge in [-0.1, -0.05) is 44.5 Å². The first-order chi connectivity index (χ1) is 7.56. The molecule has 0 aromatic heterocycles. The monoisotopic (exact) mass is 224 g/mol. The zero-order chi connectivity index (χ0) is 12.1.